The molecule has 0 saturated carbocycles. The minimum absolute atomic E-state index is 0.000466. The molecule has 3 heterocycles. The molecular weight excluding hydrogens is 352 g/mol. The van der Waals surface area contributed by atoms with Gasteiger partial charge in [0.15, 0.2) is 5.11 Å². The van der Waals surface area contributed by atoms with Gasteiger partial charge in [0.25, 0.3) is 0 Å². The summed E-state index contributed by atoms with van der Waals surface area (Å²) in [5.74, 6) is 0. The number of hydrogen-bond donors (Lipinski definition) is 1. The molecule has 1 N–H and O–H groups in total. The van der Waals surface area contributed by atoms with Crippen LogP contribution in [0.25, 0.3) is 0 Å². The largest absolute Gasteiger partial charge is 0.352 e. The average Bonchev–Trinajstić information content (AvgIpc) is 3.14. The van der Waals surface area contributed by atoms with Gasteiger partial charge in [-0.1, -0.05) is 23.8 Å². The molecule has 0 unspecified atom stereocenters. The van der Waals surface area contributed by atoms with Crippen LogP contribution in [-0.4, -0.2) is 14.7 Å². The maximum absolute atomic E-state index is 5.77. The van der Waals surface area contributed by atoms with Crippen molar-refractivity contribution in [2.24, 2.45) is 7.05 Å². The van der Waals surface area contributed by atoms with E-state index in [1.807, 2.05) is 18.3 Å². The third kappa shape index (κ3) is 3.02. The van der Waals surface area contributed by atoms with E-state index in [2.05, 4.69) is 84.0 Å². The Bertz CT molecular complexity index is 976. The van der Waals surface area contributed by atoms with E-state index in [4.69, 9.17) is 12.2 Å². The molecule has 1 aromatic carbocycles. The number of thiocarbonyl (C=S) groups is 1. The molecule has 0 bridgehead atoms. The zero-order valence-electron chi connectivity index (χ0n) is 16.1. The quantitative estimate of drug-likeness (QED) is 0.681. The maximum Gasteiger partial charge on any atom is 0.174 e. The number of pyridine rings is 1. The van der Waals surface area contributed by atoms with Crippen LogP contribution in [0.15, 0.2) is 54.7 Å². The van der Waals surface area contributed by atoms with E-state index in [0.29, 0.717) is 0 Å². The van der Waals surface area contributed by atoms with Gasteiger partial charge in [-0.3, -0.25) is 4.98 Å². The molecule has 2 aromatic heterocycles. The lowest BCUT2D eigenvalue weighted by molar-refractivity contribution is 0.564. The zero-order valence-corrected chi connectivity index (χ0v) is 16.9. The van der Waals surface area contributed by atoms with Crippen LogP contribution in [0.4, 0.5) is 5.69 Å². The van der Waals surface area contributed by atoms with Crippen LogP contribution < -0.4 is 10.2 Å². The Kier molecular flexibility index (Phi) is 4.48. The number of nitrogens with zero attached hydrogens (tertiary/aromatic N) is 3. The molecular formula is C22H24N4S. The van der Waals surface area contributed by atoms with Crippen molar-refractivity contribution in [3.63, 3.8) is 0 Å². The van der Waals surface area contributed by atoms with Gasteiger partial charge in [0, 0.05) is 30.3 Å². The molecule has 1 fully saturated rings. The number of hydrogen-bond acceptors (Lipinski definition) is 2. The summed E-state index contributed by atoms with van der Waals surface area (Å²) in [6.07, 6.45) is 1.84. The van der Waals surface area contributed by atoms with E-state index >= 15 is 0 Å². The van der Waals surface area contributed by atoms with Crippen molar-refractivity contribution < 1.29 is 0 Å². The van der Waals surface area contributed by atoms with Gasteiger partial charge >= 0.3 is 0 Å². The molecule has 3 aromatic rings. The summed E-state index contributed by atoms with van der Waals surface area (Å²) in [5, 5.41) is 4.26. The molecule has 0 radical (unpaired) electrons. The Hall–Kier alpha value is -2.66. The SMILES string of the molecule is Cc1ccc(N2C(=S)N[C@H](c3ccccn3)[C@@H]2c2cc(C)n(C)c2C)cc1. The highest BCUT2D eigenvalue weighted by Gasteiger charge is 2.41. The molecule has 4 nitrogen and oxygen atoms in total. The van der Waals surface area contributed by atoms with Crippen LogP contribution in [0.2, 0.25) is 0 Å². The fourth-order valence-electron chi connectivity index (χ4n) is 3.84. The van der Waals surface area contributed by atoms with Crippen LogP contribution in [-0.2, 0) is 7.05 Å². The number of nitrogens with one attached hydrogen (secondary N) is 1. The summed E-state index contributed by atoms with van der Waals surface area (Å²) < 4.78 is 2.24. The Morgan fingerprint density at radius 1 is 1.04 bits per heavy atom. The van der Waals surface area contributed by atoms with Gasteiger partial charge in [0.1, 0.15) is 0 Å². The predicted octanol–water partition coefficient (Wildman–Crippen LogP) is 4.52. The minimum atomic E-state index is 0.000466. The van der Waals surface area contributed by atoms with Crippen LogP contribution in [0.5, 0.6) is 0 Å². The molecule has 1 aliphatic rings. The molecule has 4 rings (SSSR count). The van der Waals surface area contributed by atoms with Crippen molar-refractivity contribution in [1.82, 2.24) is 14.9 Å². The second kappa shape index (κ2) is 6.82. The number of anilines is 1. The maximum atomic E-state index is 5.77. The molecule has 27 heavy (non-hydrogen) atoms. The summed E-state index contributed by atoms with van der Waals surface area (Å²) >= 11 is 5.77. The second-order valence-electron chi connectivity index (χ2n) is 7.22. The highest BCUT2D eigenvalue weighted by atomic mass is 32.1. The molecule has 2 atom stereocenters. The summed E-state index contributed by atoms with van der Waals surface area (Å²) in [6.45, 7) is 6.42. The number of aryl methyl sites for hydroxylation is 2. The normalized spacial score (nSPS) is 19.4. The van der Waals surface area contributed by atoms with Crippen LogP contribution in [0, 0.1) is 20.8 Å². The standard InChI is InChI=1S/C22H24N4S/c1-14-8-10-17(11-9-14)26-21(18-13-15(2)25(4)16(18)3)20(24-22(26)27)19-7-5-6-12-23-19/h5-13,20-21H,1-4H3,(H,24,27)/t20-,21+/m1/s1. The molecule has 5 heteroatoms. The summed E-state index contributed by atoms with van der Waals surface area (Å²) in [5.41, 5.74) is 7.11. The fraction of sp³-hybridized carbons (Fsp3) is 0.273. The van der Waals surface area contributed by atoms with Gasteiger partial charge in [0.05, 0.1) is 17.8 Å². The van der Waals surface area contributed by atoms with E-state index in [1.165, 1.54) is 22.5 Å². The van der Waals surface area contributed by atoms with Crippen molar-refractivity contribution in [1.29, 1.82) is 0 Å². The lowest BCUT2D eigenvalue weighted by Crippen LogP contribution is -2.29. The van der Waals surface area contributed by atoms with Crippen molar-refractivity contribution in [2.75, 3.05) is 4.90 Å². The van der Waals surface area contributed by atoms with Crippen molar-refractivity contribution in [2.45, 2.75) is 32.9 Å². The Labute approximate surface area is 165 Å². The van der Waals surface area contributed by atoms with E-state index in [-0.39, 0.29) is 12.1 Å². The van der Waals surface area contributed by atoms with Crippen LogP contribution in [0.1, 0.15) is 40.3 Å². The van der Waals surface area contributed by atoms with Crippen molar-refractivity contribution >= 4 is 23.0 Å². The second-order valence-corrected chi connectivity index (χ2v) is 7.60. The molecule has 0 spiro atoms. The Balaban J connectivity index is 1.87. The van der Waals surface area contributed by atoms with E-state index in [1.54, 1.807) is 0 Å². The zero-order chi connectivity index (χ0) is 19.1. The lowest BCUT2D eigenvalue weighted by atomic mass is 9.96. The van der Waals surface area contributed by atoms with E-state index in [0.717, 1.165) is 16.5 Å². The van der Waals surface area contributed by atoms with Gasteiger partial charge in [0.2, 0.25) is 0 Å². The molecule has 138 valence electrons. The highest BCUT2D eigenvalue weighted by molar-refractivity contribution is 7.80. The summed E-state index contributed by atoms with van der Waals surface area (Å²) in [4.78, 5) is 6.85. The van der Waals surface area contributed by atoms with Crippen LogP contribution >= 0.6 is 12.2 Å². The van der Waals surface area contributed by atoms with Gasteiger partial charge < -0.3 is 14.8 Å². The predicted molar refractivity (Wildman–Crippen MR) is 114 cm³/mol. The van der Waals surface area contributed by atoms with Gasteiger partial charge in [-0.2, -0.15) is 0 Å². The number of rotatable bonds is 3. The average molecular weight is 377 g/mol. The summed E-state index contributed by atoms with van der Waals surface area (Å²) in [6, 6.07) is 16.9. The smallest absolute Gasteiger partial charge is 0.174 e. The third-order valence-corrected chi connectivity index (χ3v) is 5.86. The van der Waals surface area contributed by atoms with Gasteiger partial charge in [-0.05, 0) is 68.9 Å². The van der Waals surface area contributed by atoms with E-state index in [9.17, 15) is 0 Å². The first-order valence-corrected chi connectivity index (χ1v) is 9.58. The Morgan fingerprint density at radius 2 is 1.78 bits per heavy atom. The first kappa shape index (κ1) is 17.7. The first-order valence-electron chi connectivity index (χ1n) is 9.17. The monoisotopic (exact) mass is 376 g/mol. The van der Waals surface area contributed by atoms with E-state index < -0.39 is 0 Å². The highest BCUT2D eigenvalue weighted by Crippen LogP contribution is 2.43. The van der Waals surface area contributed by atoms with Gasteiger partial charge in [-0.25, -0.2) is 0 Å². The van der Waals surface area contributed by atoms with Crippen molar-refractivity contribution in [3.8, 4) is 0 Å². The molecule has 0 aliphatic carbocycles. The van der Waals surface area contributed by atoms with Crippen LogP contribution in [0.3, 0.4) is 0 Å². The molecule has 1 saturated heterocycles. The minimum Gasteiger partial charge on any atom is -0.352 e. The lowest BCUT2D eigenvalue weighted by Gasteiger charge is -2.28. The Morgan fingerprint density at radius 3 is 2.37 bits per heavy atom. The molecule has 1 aliphatic heterocycles. The topological polar surface area (TPSA) is 33.1 Å². The number of benzene rings is 1. The molecule has 0 amide bonds. The first-order chi connectivity index (χ1) is 13.0. The number of aromatic nitrogens is 2. The summed E-state index contributed by atoms with van der Waals surface area (Å²) in [7, 11) is 2.11. The van der Waals surface area contributed by atoms with Gasteiger partial charge in [-0.15, -0.1) is 0 Å². The fourth-order valence-corrected chi connectivity index (χ4v) is 4.18. The van der Waals surface area contributed by atoms with Crippen molar-refractivity contribution in [3.05, 3.63) is 82.9 Å². The third-order valence-electron chi connectivity index (χ3n) is 5.54.